The van der Waals surface area contributed by atoms with Crippen LogP contribution < -0.4 is 16.0 Å². The number of nitrogens with one attached hydrogen (secondary N) is 1. The highest BCUT2D eigenvalue weighted by atomic mass is 19.4. The van der Waals surface area contributed by atoms with Crippen molar-refractivity contribution in [2.24, 2.45) is 5.73 Å². The van der Waals surface area contributed by atoms with E-state index >= 15 is 0 Å². The first-order valence-electron chi connectivity index (χ1n) is 10.4. The lowest BCUT2D eigenvalue weighted by atomic mass is 9.64. The molecular formula is C24H16F4N4O2. The highest BCUT2D eigenvalue weighted by Gasteiger charge is 2.60. The molecule has 3 N–H and O–H groups in total. The number of Topliss-reactive ketones (excluding diaryl/α,β-unsaturated/α-hetero) is 1. The number of fused-ring (bicyclic) bond motifs is 3. The molecule has 1 amide bonds. The summed E-state index contributed by atoms with van der Waals surface area (Å²) in [6, 6.07) is 9.64. The van der Waals surface area contributed by atoms with Gasteiger partial charge in [-0.1, -0.05) is 0 Å². The fourth-order valence-electron chi connectivity index (χ4n) is 5.06. The normalized spacial score (nSPS) is 22.0. The highest BCUT2D eigenvalue weighted by molar-refractivity contribution is 6.19. The summed E-state index contributed by atoms with van der Waals surface area (Å²) in [6.45, 7) is 0. The maximum atomic E-state index is 14.3. The Morgan fingerprint density at radius 1 is 1.09 bits per heavy atom. The Labute approximate surface area is 190 Å². The third-order valence-electron chi connectivity index (χ3n) is 6.44. The molecule has 6 nitrogen and oxygen atoms in total. The topological polar surface area (TPSA) is 99.2 Å². The first kappa shape index (κ1) is 21.7. The number of amides is 1. The standard InChI is InChI=1S/C24H16F4N4O2/c25-13-6-9-17-15(10-13)23(22(34)31-17)16(11-29)21(30)32(18-2-1-3-19(33)20(18)23)14-7-4-12(5-8-14)24(26,27)28/h4-10H,1-3,30H2,(H,31,34)/t23-/m1/s1. The Balaban J connectivity index is 1.81. The zero-order valence-electron chi connectivity index (χ0n) is 17.5. The van der Waals surface area contributed by atoms with Crippen molar-refractivity contribution in [3.63, 3.8) is 0 Å². The second-order valence-electron chi connectivity index (χ2n) is 8.24. The molecular weight excluding hydrogens is 452 g/mol. The van der Waals surface area contributed by atoms with Gasteiger partial charge in [-0.15, -0.1) is 0 Å². The summed E-state index contributed by atoms with van der Waals surface area (Å²) < 4.78 is 53.5. The van der Waals surface area contributed by atoms with Gasteiger partial charge in [0.25, 0.3) is 0 Å². The van der Waals surface area contributed by atoms with Gasteiger partial charge in [0, 0.05) is 34.6 Å². The maximum absolute atomic E-state index is 14.3. The third kappa shape index (κ3) is 2.79. The van der Waals surface area contributed by atoms with Crippen molar-refractivity contribution in [1.82, 2.24) is 0 Å². The van der Waals surface area contributed by atoms with E-state index in [-0.39, 0.29) is 46.7 Å². The molecule has 0 saturated carbocycles. The molecule has 0 fully saturated rings. The van der Waals surface area contributed by atoms with Gasteiger partial charge in [0.15, 0.2) is 5.78 Å². The molecule has 0 radical (unpaired) electrons. The average Bonchev–Trinajstić information content (AvgIpc) is 3.05. The minimum Gasteiger partial charge on any atom is -0.384 e. The number of rotatable bonds is 1. The molecule has 2 aromatic carbocycles. The van der Waals surface area contributed by atoms with Gasteiger partial charge in [-0.05, 0) is 55.3 Å². The minimum atomic E-state index is -4.55. The van der Waals surface area contributed by atoms with Crippen LogP contribution in [-0.4, -0.2) is 11.7 Å². The first-order chi connectivity index (χ1) is 16.1. The first-order valence-corrected chi connectivity index (χ1v) is 10.4. The summed E-state index contributed by atoms with van der Waals surface area (Å²) in [4.78, 5) is 28.1. The number of ketones is 1. The van der Waals surface area contributed by atoms with E-state index in [1.54, 1.807) is 0 Å². The van der Waals surface area contributed by atoms with E-state index in [4.69, 9.17) is 5.73 Å². The fourth-order valence-corrected chi connectivity index (χ4v) is 5.06. The zero-order chi connectivity index (χ0) is 24.4. The number of benzene rings is 2. The van der Waals surface area contributed by atoms with Crippen molar-refractivity contribution >= 4 is 23.1 Å². The molecule has 10 heteroatoms. The van der Waals surface area contributed by atoms with E-state index < -0.39 is 34.7 Å². The lowest BCUT2D eigenvalue weighted by Crippen LogP contribution is -2.50. The zero-order valence-corrected chi connectivity index (χ0v) is 17.5. The van der Waals surface area contributed by atoms with Crippen LogP contribution >= 0.6 is 0 Å². The lowest BCUT2D eigenvalue weighted by molar-refractivity contribution is -0.137. The minimum absolute atomic E-state index is 0.00810. The summed E-state index contributed by atoms with van der Waals surface area (Å²) in [5.74, 6) is -1.99. The Morgan fingerprint density at radius 2 is 1.79 bits per heavy atom. The van der Waals surface area contributed by atoms with Gasteiger partial charge < -0.3 is 11.1 Å². The largest absolute Gasteiger partial charge is 0.416 e. The predicted octanol–water partition coefficient (Wildman–Crippen LogP) is 4.26. The van der Waals surface area contributed by atoms with Crippen LogP contribution in [-0.2, 0) is 21.2 Å². The van der Waals surface area contributed by atoms with E-state index in [0.717, 1.165) is 24.3 Å². The van der Waals surface area contributed by atoms with Crippen LogP contribution in [0, 0.1) is 17.1 Å². The van der Waals surface area contributed by atoms with Gasteiger partial charge >= 0.3 is 6.18 Å². The smallest absolute Gasteiger partial charge is 0.384 e. The Bertz CT molecular complexity index is 1370. The fraction of sp³-hybridized carbons (Fsp3) is 0.208. The lowest BCUT2D eigenvalue weighted by Gasteiger charge is -2.43. The van der Waals surface area contributed by atoms with Gasteiger partial charge in [-0.3, -0.25) is 14.5 Å². The molecule has 5 rings (SSSR count). The second kappa shape index (κ2) is 7.18. The van der Waals surface area contributed by atoms with Crippen molar-refractivity contribution in [3.05, 3.63) is 82.1 Å². The molecule has 1 spiro atoms. The number of nitrogens with two attached hydrogens (primary N) is 1. The number of halogens is 4. The van der Waals surface area contributed by atoms with Gasteiger partial charge in [-0.25, -0.2) is 4.39 Å². The maximum Gasteiger partial charge on any atom is 0.416 e. The Morgan fingerprint density at radius 3 is 2.44 bits per heavy atom. The van der Waals surface area contributed by atoms with Crippen molar-refractivity contribution < 1.29 is 27.2 Å². The van der Waals surface area contributed by atoms with Gasteiger partial charge in [0.1, 0.15) is 23.1 Å². The van der Waals surface area contributed by atoms with Crippen LogP contribution in [0.3, 0.4) is 0 Å². The van der Waals surface area contributed by atoms with E-state index in [2.05, 4.69) is 5.32 Å². The number of nitrogens with zero attached hydrogens (tertiary/aromatic N) is 2. The number of carbonyl (C=O) groups excluding carboxylic acids is 2. The number of alkyl halides is 3. The third-order valence-corrected chi connectivity index (χ3v) is 6.44. The van der Waals surface area contributed by atoms with Crippen molar-refractivity contribution in [2.75, 3.05) is 10.2 Å². The average molecular weight is 468 g/mol. The van der Waals surface area contributed by atoms with Gasteiger partial charge in [-0.2, -0.15) is 18.4 Å². The second-order valence-corrected chi connectivity index (χ2v) is 8.24. The van der Waals surface area contributed by atoms with Crippen LogP contribution in [0.1, 0.15) is 30.4 Å². The number of hydrogen-bond acceptors (Lipinski definition) is 5. The summed E-state index contributed by atoms with van der Waals surface area (Å²) >= 11 is 0. The number of hydrogen-bond donors (Lipinski definition) is 2. The molecule has 0 aromatic heterocycles. The molecule has 0 unspecified atom stereocenters. The van der Waals surface area contributed by atoms with E-state index in [0.29, 0.717) is 12.1 Å². The van der Waals surface area contributed by atoms with Crippen LogP contribution in [0.4, 0.5) is 28.9 Å². The number of allylic oxidation sites excluding steroid dienone is 1. The molecule has 1 aliphatic carbocycles. The van der Waals surface area contributed by atoms with Crippen LogP contribution in [0.5, 0.6) is 0 Å². The molecule has 172 valence electrons. The molecule has 2 heterocycles. The quantitative estimate of drug-likeness (QED) is 0.610. The van der Waals surface area contributed by atoms with Crippen molar-refractivity contribution in [1.29, 1.82) is 5.26 Å². The van der Waals surface area contributed by atoms with Crippen molar-refractivity contribution in [3.8, 4) is 6.07 Å². The monoisotopic (exact) mass is 468 g/mol. The summed E-state index contributed by atoms with van der Waals surface area (Å²) in [6.07, 6.45) is -3.76. The van der Waals surface area contributed by atoms with Crippen LogP contribution in [0.2, 0.25) is 0 Å². The van der Waals surface area contributed by atoms with E-state index in [1.807, 2.05) is 6.07 Å². The van der Waals surface area contributed by atoms with Gasteiger partial charge in [0.05, 0.1) is 11.1 Å². The number of nitriles is 1. The van der Waals surface area contributed by atoms with Crippen LogP contribution in [0.25, 0.3) is 0 Å². The summed E-state index contributed by atoms with van der Waals surface area (Å²) in [5, 5.41) is 12.7. The predicted molar refractivity (Wildman–Crippen MR) is 113 cm³/mol. The molecule has 34 heavy (non-hydrogen) atoms. The molecule has 1 atom stereocenters. The van der Waals surface area contributed by atoms with E-state index in [9.17, 15) is 32.4 Å². The highest BCUT2D eigenvalue weighted by Crippen LogP contribution is 2.55. The number of anilines is 2. The van der Waals surface area contributed by atoms with Gasteiger partial charge in [0.2, 0.25) is 5.91 Å². The molecule has 3 aliphatic rings. The van der Waals surface area contributed by atoms with Crippen LogP contribution in [0.15, 0.2) is 65.1 Å². The molecule has 2 aliphatic heterocycles. The molecule has 2 aromatic rings. The summed E-state index contributed by atoms with van der Waals surface area (Å²) in [5.41, 5.74) is 4.15. The number of carbonyl (C=O) groups is 2. The Kier molecular flexibility index (Phi) is 4.59. The SMILES string of the molecule is N#CC1=C(N)N(c2ccc(C(F)(F)F)cc2)C2=C(C(=O)CCC2)[C@]12C(=O)Nc1ccc(F)cc12. The van der Waals surface area contributed by atoms with Crippen molar-refractivity contribution in [2.45, 2.75) is 30.9 Å². The molecule has 0 saturated heterocycles. The molecule has 0 bridgehead atoms. The summed E-state index contributed by atoms with van der Waals surface area (Å²) in [7, 11) is 0. The van der Waals surface area contributed by atoms with E-state index in [1.165, 1.54) is 23.1 Å². The Hall–Kier alpha value is -4.13.